The van der Waals surface area contributed by atoms with Gasteiger partial charge in [-0.2, -0.15) is 0 Å². The van der Waals surface area contributed by atoms with Crippen LogP contribution in [0.25, 0.3) is 22.3 Å². The molecule has 8 heteroatoms. The highest BCUT2D eigenvalue weighted by molar-refractivity contribution is 6.36. The lowest BCUT2D eigenvalue weighted by atomic mass is 9.94. The molecule has 7 nitrogen and oxygen atoms in total. The normalized spacial score (nSPS) is 13.8. The molecule has 0 unspecified atom stereocenters. The summed E-state index contributed by atoms with van der Waals surface area (Å²) in [7, 11) is 6.24. The Labute approximate surface area is 169 Å². The van der Waals surface area contributed by atoms with Crippen molar-refractivity contribution < 1.29 is 4.74 Å². The van der Waals surface area contributed by atoms with Gasteiger partial charge in [0.25, 0.3) is 0 Å². The minimum Gasteiger partial charge on any atom is -0.491 e. The summed E-state index contributed by atoms with van der Waals surface area (Å²) in [6.07, 6.45) is 3.41. The Morgan fingerprint density at radius 3 is 2.90 bits per heavy atom. The first-order chi connectivity index (χ1) is 14.1. The molecular formula is C21H19BN6O. The van der Waals surface area contributed by atoms with Crippen molar-refractivity contribution in [2.24, 2.45) is 0 Å². The summed E-state index contributed by atoms with van der Waals surface area (Å²) in [6, 6.07) is 8.30. The molecule has 4 aromatic rings. The molecule has 1 aliphatic heterocycles. The third kappa shape index (κ3) is 3.20. The Morgan fingerprint density at radius 2 is 2.00 bits per heavy atom. The number of aromatic amines is 1. The van der Waals surface area contributed by atoms with Crippen LogP contribution in [0.15, 0.2) is 36.8 Å². The number of anilines is 1. The molecule has 1 aliphatic rings. The van der Waals surface area contributed by atoms with Crippen LogP contribution in [0.3, 0.4) is 0 Å². The molecule has 1 aromatic carbocycles. The molecule has 142 valence electrons. The minimum absolute atomic E-state index is 0.565. The van der Waals surface area contributed by atoms with E-state index in [1.165, 1.54) is 0 Å². The van der Waals surface area contributed by atoms with Gasteiger partial charge in [0.2, 0.25) is 0 Å². The first-order valence-corrected chi connectivity index (χ1v) is 9.49. The molecule has 29 heavy (non-hydrogen) atoms. The number of fused-ring (bicyclic) bond motifs is 2. The second kappa shape index (κ2) is 6.88. The van der Waals surface area contributed by atoms with E-state index in [1.807, 2.05) is 26.1 Å². The lowest BCUT2D eigenvalue weighted by molar-refractivity contribution is 0.331. The van der Waals surface area contributed by atoms with E-state index in [4.69, 9.17) is 12.6 Å². The maximum atomic E-state index is 6.24. The highest BCUT2D eigenvalue weighted by Crippen LogP contribution is 2.30. The van der Waals surface area contributed by atoms with Gasteiger partial charge in [0.15, 0.2) is 5.65 Å². The van der Waals surface area contributed by atoms with E-state index in [9.17, 15) is 0 Å². The topological polar surface area (TPSA) is 79.8 Å². The number of H-pyrrole nitrogens is 1. The number of ether oxygens (including phenoxy) is 1. The van der Waals surface area contributed by atoms with Gasteiger partial charge in [-0.3, -0.25) is 0 Å². The summed E-state index contributed by atoms with van der Waals surface area (Å²) >= 11 is 0. The van der Waals surface area contributed by atoms with Crippen molar-refractivity contribution in [2.45, 2.75) is 20.4 Å². The van der Waals surface area contributed by atoms with Crippen molar-refractivity contribution in [3.05, 3.63) is 53.9 Å². The largest absolute Gasteiger partial charge is 0.491 e. The first kappa shape index (κ1) is 17.7. The monoisotopic (exact) mass is 382 g/mol. The Balaban J connectivity index is 1.52. The van der Waals surface area contributed by atoms with Crippen LogP contribution in [0.1, 0.15) is 17.1 Å². The van der Waals surface area contributed by atoms with Crippen LogP contribution in [0.5, 0.6) is 5.75 Å². The number of aryl methyl sites for hydroxylation is 2. The summed E-state index contributed by atoms with van der Waals surface area (Å²) in [5, 5.41) is 0. The van der Waals surface area contributed by atoms with Gasteiger partial charge < -0.3 is 14.6 Å². The molecule has 2 radical (unpaired) electrons. The number of benzene rings is 1. The SMILES string of the molecule is [B]c1c(C)ncnc1N1CCOc2ccc(-c3cnc4nc(C)[nH]c4c3)cc2C1. The molecule has 0 saturated carbocycles. The number of rotatable bonds is 2. The zero-order chi connectivity index (χ0) is 20.0. The van der Waals surface area contributed by atoms with Crippen molar-refractivity contribution in [2.75, 3.05) is 18.1 Å². The molecule has 3 aromatic heterocycles. The number of pyridine rings is 1. The van der Waals surface area contributed by atoms with Crippen LogP contribution in [0, 0.1) is 13.8 Å². The minimum atomic E-state index is 0.565. The summed E-state index contributed by atoms with van der Waals surface area (Å²) in [4.78, 5) is 22.8. The lowest BCUT2D eigenvalue weighted by Gasteiger charge is -2.23. The molecule has 0 saturated heterocycles. The van der Waals surface area contributed by atoms with Crippen LogP contribution < -0.4 is 15.1 Å². The van der Waals surface area contributed by atoms with Gasteiger partial charge in [0.05, 0.1) is 12.1 Å². The highest BCUT2D eigenvalue weighted by atomic mass is 16.5. The molecule has 1 N–H and O–H groups in total. The molecule has 5 rings (SSSR count). The number of nitrogens with zero attached hydrogens (tertiary/aromatic N) is 5. The van der Waals surface area contributed by atoms with Crippen molar-refractivity contribution in [3.8, 4) is 16.9 Å². The van der Waals surface area contributed by atoms with Crippen molar-refractivity contribution >= 4 is 30.3 Å². The second-order valence-electron chi connectivity index (χ2n) is 7.21. The Morgan fingerprint density at radius 1 is 1.10 bits per heavy atom. The highest BCUT2D eigenvalue weighted by Gasteiger charge is 2.19. The molecular weight excluding hydrogens is 363 g/mol. The van der Waals surface area contributed by atoms with Gasteiger partial charge in [0.1, 0.15) is 38.2 Å². The molecule has 0 atom stereocenters. The predicted molar refractivity (Wildman–Crippen MR) is 113 cm³/mol. The van der Waals surface area contributed by atoms with Crippen LogP contribution in [0.4, 0.5) is 5.82 Å². The van der Waals surface area contributed by atoms with E-state index in [0.717, 1.165) is 50.9 Å². The van der Waals surface area contributed by atoms with Gasteiger partial charge in [-0.25, -0.2) is 19.9 Å². The Hall–Kier alpha value is -3.42. The summed E-state index contributed by atoms with van der Waals surface area (Å²) in [5.41, 5.74) is 6.22. The zero-order valence-corrected chi connectivity index (χ0v) is 16.3. The smallest absolute Gasteiger partial charge is 0.177 e. The zero-order valence-electron chi connectivity index (χ0n) is 16.3. The molecule has 0 amide bonds. The first-order valence-electron chi connectivity index (χ1n) is 9.49. The standard InChI is InChI=1S/C21H19BN6O/c1-12-19(22)21(25-11-24-12)28-5-6-29-18-4-3-14(7-16(18)10-28)15-8-17-20(23-9-15)27-13(2)26-17/h3-4,7-9,11H,5-6,10H2,1-2H3,(H,23,26,27). The van der Waals surface area contributed by atoms with Crippen LogP contribution >= 0.6 is 0 Å². The third-order valence-corrected chi connectivity index (χ3v) is 5.19. The molecule has 0 spiro atoms. The number of hydrogen-bond donors (Lipinski definition) is 1. The van der Waals surface area contributed by atoms with E-state index >= 15 is 0 Å². The van der Waals surface area contributed by atoms with E-state index < -0.39 is 0 Å². The fraction of sp³-hybridized carbons (Fsp3) is 0.238. The maximum absolute atomic E-state index is 6.24. The molecule has 4 heterocycles. The fourth-order valence-corrected chi connectivity index (χ4v) is 3.66. The van der Waals surface area contributed by atoms with Gasteiger partial charge >= 0.3 is 0 Å². The number of imidazole rings is 1. The van der Waals surface area contributed by atoms with E-state index in [1.54, 1.807) is 6.33 Å². The van der Waals surface area contributed by atoms with Gasteiger partial charge in [0, 0.05) is 29.6 Å². The quantitative estimate of drug-likeness (QED) is 0.536. The van der Waals surface area contributed by atoms with Gasteiger partial charge in [-0.05, 0) is 43.1 Å². The maximum Gasteiger partial charge on any atom is 0.177 e. The number of nitrogens with one attached hydrogen (secondary N) is 1. The van der Waals surface area contributed by atoms with Crippen molar-refractivity contribution in [1.82, 2.24) is 24.9 Å². The number of hydrogen-bond acceptors (Lipinski definition) is 6. The molecule has 0 fully saturated rings. The number of aromatic nitrogens is 5. The van der Waals surface area contributed by atoms with E-state index in [2.05, 4.69) is 48.0 Å². The Kier molecular flexibility index (Phi) is 4.19. The average Bonchev–Trinajstić information content (AvgIpc) is 2.96. The van der Waals surface area contributed by atoms with Gasteiger partial charge in [-0.15, -0.1) is 0 Å². The lowest BCUT2D eigenvalue weighted by Crippen LogP contribution is -2.32. The van der Waals surface area contributed by atoms with Crippen LogP contribution in [0.2, 0.25) is 0 Å². The average molecular weight is 382 g/mol. The van der Waals surface area contributed by atoms with Crippen LogP contribution in [-0.2, 0) is 6.54 Å². The third-order valence-electron chi connectivity index (χ3n) is 5.19. The summed E-state index contributed by atoms with van der Waals surface area (Å²) in [5.74, 6) is 2.48. The van der Waals surface area contributed by atoms with Crippen molar-refractivity contribution in [1.29, 1.82) is 0 Å². The molecule has 0 aliphatic carbocycles. The van der Waals surface area contributed by atoms with Crippen molar-refractivity contribution in [3.63, 3.8) is 0 Å². The predicted octanol–water partition coefficient (Wildman–Crippen LogP) is 2.22. The fourth-order valence-electron chi connectivity index (χ4n) is 3.66. The summed E-state index contributed by atoms with van der Waals surface area (Å²) < 4.78 is 5.98. The van der Waals surface area contributed by atoms with Crippen LogP contribution in [-0.4, -0.2) is 45.9 Å². The summed E-state index contributed by atoms with van der Waals surface area (Å²) in [6.45, 7) is 5.74. The molecule has 0 bridgehead atoms. The van der Waals surface area contributed by atoms with E-state index in [0.29, 0.717) is 25.2 Å². The van der Waals surface area contributed by atoms with E-state index in [-0.39, 0.29) is 0 Å². The van der Waals surface area contributed by atoms with Gasteiger partial charge in [-0.1, -0.05) is 6.07 Å². The Bertz CT molecular complexity index is 1220. The second-order valence-corrected chi connectivity index (χ2v) is 7.21.